The maximum atomic E-state index is 15.1. The Morgan fingerprint density at radius 2 is 1.61 bits per heavy atom. The van der Waals surface area contributed by atoms with Crippen molar-refractivity contribution in [3.63, 3.8) is 0 Å². The molecule has 13 heteroatoms. The van der Waals surface area contributed by atoms with Crippen LogP contribution in [0, 0.1) is 11.6 Å². The van der Waals surface area contributed by atoms with Crippen LogP contribution in [0.15, 0.2) is 65.6 Å². The van der Waals surface area contributed by atoms with E-state index in [0.717, 1.165) is 41.5 Å². The number of alkyl halides is 3. The standard InChI is InChI=1S/C25H20F5N3O4S/c1-38(36,37)20-5-3-2-4-16(20)17-10-11-19(22(27)21(17)26)33-13-12-18(23(33)34)32-24(35)31-15-8-6-14(7-9-15)25(28,29)30/h2-11,18H,12-13H2,1H3,(H2,31,32,35)/t18-/m1/s1. The SMILES string of the molecule is CS(=O)(=O)c1ccccc1-c1ccc(N2CC[C@@H](NC(=O)Nc3ccc(C(F)(F)F)cc3)C2=O)c(F)c1F. The van der Waals surface area contributed by atoms with Crippen molar-refractivity contribution < 1.29 is 40.0 Å². The van der Waals surface area contributed by atoms with Gasteiger partial charge in [-0.1, -0.05) is 18.2 Å². The Morgan fingerprint density at radius 3 is 2.24 bits per heavy atom. The molecule has 1 heterocycles. The van der Waals surface area contributed by atoms with Crippen LogP contribution >= 0.6 is 0 Å². The van der Waals surface area contributed by atoms with Gasteiger partial charge >= 0.3 is 12.2 Å². The van der Waals surface area contributed by atoms with E-state index < -0.39 is 51.2 Å². The molecule has 3 amide bonds. The average molecular weight is 554 g/mol. The smallest absolute Gasteiger partial charge is 0.326 e. The van der Waals surface area contributed by atoms with Gasteiger partial charge in [0.2, 0.25) is 5.91 Å². The number of hydrogen-bond donors (Lipinski definition) is 2. The second-order valence-corrected chi connectivity index (χ2v) is 10.5. The Balaban J connectivity index is 1.49. The number of sulfone groups is 1. The van der Waals surface area contributed by atoms with Gasteiger partial charge in [0, 0.05) is 29.6 Å². The van der Waals surface area contributed by atoms with E-state index in [2.05, 4.69) is 10.6 Å². The molecule has 3 aromatic carbocycles. The van der Waals surface area contributed by atoms with Gasteiger partial charge < -0.3 is 15.5 Å². The van der Waals surface area contributed by atoms with Crippen molar-refractivity contribution in [3.05, 3.63) is 77.9 Å². The minimum absolute atomic E-state index is 0.0369. The minimum Gasteiger partial charge on any atom is -0.326 e. The number of amides is 3. The van der Waals surface area contributed by atoms with Crippen LogP contribution < -0.4 is 15.5 Å². The third-order valence-corrected chi connectivity index (χ3v) is 7.07. The molecule has 200 valence electrons. The Kier molecular flexibility index (Phi) is 7.15. The molecule has 0 radical (unpaired) electrons. The van der Waals surface area contributed by atoms with Gasteiger partial charge in [-0.3, -0.25) is 4.79 Å². The first-order chi connectivity index (χ1) is 17.8. The molecule has 0 unspecified atom stereocenters. The van der Waals surface area contributed by atoms with E-state index >= 15 is 8.78 Å². The highest BCUT2D eigenvalue weighted by Crippen LogP contribution is 2.35. The highest BCUT2D eigenvalue weighted by atomic mass is 32.2. The number of nitrogens with one attached hydrogen (secondary N) is 2. The summed E-state index contributed by atoms with van der Waals surface area (Å²) < 4.78 is 92.4. The second-order valence-electron chi connectivity index (χ2n) is 8.53. The van der Waals surface area contributed by atoms with Crippen LogP contribution in [0.25, 0.3) is 11.1 Å². The molecule has 1 aliphatic rings. The quantitative estimate of drug-likeness (QED) is 0.436. The van der Waals surface area contributed by atoms with Crippen LogP contribution in [0.2, 0.25) is 0 Å². The lowest BCUT2D eigenvalue weighted by atomic mass is 10.0. The Bertz CT molecular complexity index is 1510. The number of anilines is 2. The number of rotatable bonds is 5. The second kappa shape index (κ2) is 10.0. The van der Waals surface area contributed by atoms with Gasteiger partial charge in [-0.25, -0.2) is 22.0 Å². The average Bonchev–Trinajstić information content (AvgIpc) is 3.19. The molecule has 0 aliphatic carbocycles. The number of nitrogens with zero attached hydrogens (tertiary/aromatic N) is 1. The summed E-state index contributed by atoms with van der Waals surface area (Å²) in [7, 11) is -3.75. The first-order valence-corrected chi connectivity index (χ1v) is 13.0. The summed E-state index contributed by atoms with van der Waals surface area (Å²) in [5.41, 5.74) is -1.57. The molecule has 1 fully saturated rings. The molecule has 0 bridgehead atoms. The Morgan fingerprint density at radius 1 is 0.947 bits per heavy atom. The van der Waals surface area contributed by atoms with Crippen LogP contribution in [0.3, 0.4) is 0 Å². The van der Waals surface area contributed by atoms with E-state index in [1.165, 1.54) is 30.3 Å². The highest BCUT2D eigenvalue weighted by molar-refractivity contribution is 7.90. The summed E-state index contributed by atoms with van der Waals surface area (Å²) in [6.07, 6.45) is -3.54. The summed E-state index contributed by atoms with van der Waals surface area (Å²) in [6.45, 7) is -0.0559. The summed E-state index contributed by atoms with van der Waals surface area (Å²) in [5.74, 6) is -3.44. The lowest BCUT2D eigenvalue weighted by molar-refractivity contribution is -0.137. The fourth-order valence-corrected chi connectivity index (χ4v) is 4.99. The van der Waals surface area contributed by atoms with Crippen molar-refractivity contribution in [2.24, 2.45) is 0 Å². The van der Waals surface area contributed by atoms with Gasteiger partial charge in [0.05, 0.1) is 16.1 Å². The van der Waals surface area contributed by atoms with E-state index in [4.69, 9.17) is 0 Å². The van der Waals surface area contributed by atoms with Crippen molar-refractivity contribution >= 4 is 33.2 Å². The summed E-state index contributed by atoms with van der Waals surface area (Å²) in [4.78, 5) is 25.9. The topological polar surface area (TPSA) is 95.6 Å². The number of carbonyl (C=O) groups is 2. The summed E-state index contributed by atoms with van der Waals surface area (Å²) in [6, 6.07) is 9.55. The third-order valence-electron chi connectivity index (χ3n) is 5.91. The zero-order valence-corrected chi connectivity index (χ0v) is 20.5. The monoisotopic (exact) mass is 553 g/mol. The zero-order chi connectivity index (χ0) is 27.8. The number of halogens is 5. The zero-order valence-electron chi connectivity index (χ0n) is 19.6. The molecule has 1 atom stereocenters. The van der Waals surface area contributed by atoms with Crippen molar-refractivity contribution in [1.82, 2.24) is 5.32 Å². The Hall–Kier alpha value is -4.00. The highest BCUT2D eigenvalue weighted by Gasteiger charge is 2.36. The third kappa shape index (κ3) is 5.47. The first kappa shape index (κ1) is 27.0. The normalized spacial score (nSPS) is 16.0. The number of benzene rings is 3. The van der Waals surface area contributed by atoms with Gasteiger partial charge in [-0.15, -0.1) is 0 Å². The van der Waals surface area contributed by atoms with Crippen LogP contribution in [-0.2, 0) is 20.8 Å². The van der Waals surface area contributed by atoms with Crippen LogP contribution in [0.1, 0.15) is 12.0 Å². The first-order valence-electron chi connectivity index (χ1n) is 11.1. The molecular weight excluding hydrogens is 533 g/mol. The van der Waals surface area contributed by atoms with Gasteiger partial charge in [0.1, 0.15) is 6.04 Å². The lowest BCUT2D eigenvalue weighted by Gasteiger charge is -2.20. The fourth-order valence-electron chi connectivity index (χ4n) is 4.09. The molecule has 2 N–H and O–H groups in total. The molecular formula is C25H20F5N3O4S. The molecule has 7 nitrogen and oxygen atoms in total. The van der Waals surface area contributed by atoms with E-state index in [1.54, 1.807) is 0 Å². The summed E-state index contributed by atoms with van der Waals surface area (Å²) in [5, 5.41) is 4.69. The molecule has 0 aromatic heterocycles. The van der Waals surface area contributed by atoms with Gasteiger partial charge in [-0.2, -0.15) is 13.2 Å². The van der Waals surface area contributed by atoms with E-state index in [0.29, 0.717) is 0 Å². The van der Waals surface area contributed by atoms with Gasteiger partial charge in [0.15, 0.2) is 21.5 Å². The van der Waals surface area contributed by atoms with Crippen LogP contribution in [0.5, 0.6) is 0 Å². The molecule has 0 spiro atoms. The predicted molar refractivity (Wildman–Crippen MR) is 129 cm³/mol. The number of hydrogen-bond acceptors (Lipinski definition) is 4. The van der Waals surface area contributed by atoms with Crippen LogP contribution in [-0.4, -0.2) is 39.2 Å². The molecule has 3 aromatic rings. The van der Waals surface area contributed by atoms with Gasteiger partial charge in [-0.05, 0) is 48.9 Å². The van der Waals surface area contributed by atoms with Crippen molar-refractivity contribution in [3.8, 4) is 11.1 Å². The van der Waals surface area contributed by atoms with Crippen molar-refractivity contribution in [1.29, 1.82) is 0 Å². The largest absolute Gasteiger partial charge is 0.416 e. The lowest BCUT2D eigenvalue weighted by Crippen LogP contribution is -2.43. The molecule has 4 rings (SSSR count). The van der Waals surface area contributed by atoms with Gasteiger partial charge in [0.25, 0.3) is 0 Å². The van der Waals surface area contributed by atoms with E-state index in [9.17, 15) is 31.2 Å². The van der Waals surface area contributed by atoms with E-state index in [1.807, 2.05) is 0 Å². The van der Waals surface area contributed by atoms with Crippen molar-refractivity contribution in [2.75, 3.05) is 23.0 Å². The Labute approximate surface area is 214 Å². The summed E-state index contributed by atoms with van der Waals surface area (Å²) >= 11 is 0. The number of urea groups is 1. The molecule has 0 saturated carbocycles. The number of carbonyl (C=O) groups excluding carboxylic acids is 2. The minimum atomic E-state index is -4.54. The maximum absolute atomic E-state index is 15.1. The predicted octanol–water partition coefficient (Wildman–Crippen LogP) is 4.98. The molecule has 38 heavy (non-hydrogen) atoms. The van der Waals surface area contributed by atoms with Crippen LogP contribution in [0.4, 0.5) is 38.1 Å². The van der Waals surface area contributed by atoms with E-state index in [-0.39, 0.29) is 40.4 Å². The maximum Gasteiger partial charge on any atom is 0.416 e. The molecule has 1 saturated heterocycles. The fraction of sp³-hybridized carbons (Fsp3) is 0.200. The van der Waals surface area contributed by atoms with Crippen molar-refractivity contribution in [2.45, 2.75) is 23.5 Å². The molecule has 1 aliphatic heterocycles.